The number of benzene rings is 3. The first-order valence-electron chi connectivity index (χ1n) is 11.2. The first-order valence-corrected chi connectivity index (χ1v) is 11.2. The molecule has 1 fully saturated rings. The molecule has 2 heterocycles. The third kappa shape index (κ3) is 5.07. The van der Waals surface area contributed by atoms with E-state index in [1.165, 1.54) is 17.7 Å². The van der Waals surface area contributed by atoms with Crippen LogP contribution in [0.25, 0.3) is 11.1 Å². The maximum Gasteiger partial charge on any atom is 0.147 e. The molecule has 0 bridgehead atoms. The molecular formula is C27H26FN3O2. The van der Waals surface area contributed by atoms with Crippen LogP contribution in [-0.2, 0) is 17.9 Å². The van der Waals surface area contributed by atoms with E-state index < -0.39 is 0 Å². The minimum absolute atomic E-state index is 0.238. The van der Waals surface area contributed by atoms with E-state index in [9.17, 15) is 4.39 Å². The smallest absolute Gasteiger partial charge is 0.147 e. The Balaban J connectivity index is 1.38. The molecular weight excluding hydrogens is 417 g/mol. The first kappa shape index (κ1) is 21.2. The molecule has 4 aromatic rings. The molecule has 0 spiro atoms. The highest BCUT2D eigenvalue weighted by Crippen LogP contribution is 2.34. The molecule has 3 aromatic carbocycles. The average molecular weight is 444 g/mol. The fourth-order valence-corrected chi connectivity index (χ4v) is 4.06. The van der Waals surface area contributed by atoms with Crippen LogP contribution in [0.1, 0.15) is 11.4 Å². The molecule has 0 unspecified atom stereocenters. The van der Waals surface area contributed by atoms with Crippen molar-refractivity contribution in [2.24, 2.45) is 0 Å². The van der Waals surface area contributed by atoms with Gasteiger partial charge in [-0.3, -0.25) is 0 Å². The number of ether oxygens (including phenoxy) is 2. The van der Waals surface area contributed by atoms with Crippen LogP contribution in [0.3, 0.4) is 0 Å². The molecule has 5 nitrogen and oxygen atoms in total. The van der Waals surface area contributed by atoms with E-state index in [-0.39, 0.29) is 5.82 Å². The average Bonchev–Trinajstić information content (AvgIpc) is 3.31. The molecule has 168 valence electrons. The summed E-state index contributed by atoms with van der Waals surface area (Å²) in [6, 6.07) is 23.0. The van der Waals surface area contributed by atoms with Crippen molar-refractivity contribution >= 4 is 5.69 Å². The van der Waals surface area contributed by atoms with Gasteiger partial charge >= 0.3 is 0 Å². The van der Waals surface area contributed by atoms with Crippen LogP contribution in [0, 0.1) is 5.82 Å². The van der Waals surface area contributed by atoms with Crippen LogP contribution in [-0.4, -0.2) is 35.9 Å². The summed E-state index contributed by atoms with van der Waals surface area (Å²) in [5.41, 5.74) is 4.22. The largest absolute Gasteiger partial charge is 0.484 e. The van der Waals surface area contributed by atoms with E-state index in [0.717, 1.165) is 48.0 Å². The van der Waals surface area contributed by atoms with Crippen molar-refractivity contribution < 1.29 is 13.9 Å². The molecule has 1 aliphatic rings. The van der Waals surface area contributed by atoms with Crippen molar-refractivity contribution in [3.8, 4) is 16.9 Å². The van der Waals surface area contributed by atoms with Gasteiger partial charge in [-0.25, -0.2) is 9.37 Å². The number of nitrogens with zero attached hydrogens (tertiary/aromatic N) is 3. The van der Waals surface area contributed by atoms with Crippen molar-refractivity contribution in [3.05, 3.63) is 102 Å². The summed E-state index contributed by atoms with van der Waals surface area (Å²) in [5, 5.41) is 0. The molecule has 6 heteroatoms. The molecule has 33 heavy (non-hydrogen) atoms. The number of imidazole rings is 1. The monoisotopic (exact) mass is 443 g/mol. The zero-order chi connectivity index (χ0) is 22.5. The number of hydrogen-bond donors (Lipinski definition) is 0. The summed E-state index contributed by atoms with van der Waals surface area (Å²) < 4.78 is 27.3. The SMILES string of the molecule is Fc1ccc(-c2ccc(OCc3nccn3Cc3ccccc3)c(N3CCOCC3)c2)cc1. The van der Waals surface area contributed by atoms with E-state index in [2.05, 4.69) is 32.7 Å². The topological polar surface area (TPSA) is 39.5 Å². The Hall–Kier alpha value is -3.64. The summed E-state index contributed by atoms with van der Waals surface area (Å²) in [4.78, 5) is 6.79. The van der Waals surface area contributed by atoms with Gasteiger partial charge in [0.25, 0.3) is 0 Å². The fraction of sp³-hybridized carbons (Fsp3) is 0.222. The Bertz CT molecular complexity index is 1190. The summed E-state index contributed by atoms with van der Waals surface area (Å²) in [7, 11) is 0. The van der Waals surface area contributed by atoms with Crippen molar-refractivity contribution in [1.82, 2.24) is 9.55 Å². The molecule has 1 aromatic heterocycles. The van der Waals surface area contributed by atoms with Crippen LogP contribution in [0.4, 0.5) is 10.1 Å². The number of aromatic nitrogens is 2. The number of rotatable bonds is 7. The van der Waals surface area contributed by atoms with Gasteiger partial charge < -0.3 is 18.9 Å². The Labute approximate surface area is 193 Å². The minimum atomic E-state index is -0.238. The van der Waals surface area contributed by atoms with Crippen molar-refractivity contribution in [2.45, 2.75) is 13.2 Å². The van der Waals surface area contributed by atoms with Crippen LogP contribution in [0.2, 0.25) is 0 Å². The summed E-state index contributed by atoms with van der Waals surface area (Å²) in [6.07, 6.45) is 3.79. The molecule has 5 rings (SSSR count). The van der Waals surface area contributed by atoms with Crippen molar-refractivity contribution in [2.75, 3.05) is 31.2 Å². The van der Waals surface area contributed by atoms with E-state index in [1.807, 2.05) is 42.7 Å². The Kier molecular flexibility index (Phi) is 6.35. The third-order valence-corrected chi connectivity index (χ3v) is 5.84. The number of hydrogen-bond acceptors (Lipinski definition) is 4. The maximum absolute atomic E-state index is 13.4. The normalized spacial score (nSPS) is 13.8. The van der Waals surface area contributed by atoms with Crippen LogP contribution in [0.15, 0.2) is 85.2 Å². The molecule has 1 saturated heterocycles. The Morgan fingerprint density at radius 2 is 1.67 bits per heavy atom. The zero-order valence-electron chi connectivity index (χ0n) is 18.4. The lowest BCUT2D eigenvalue weighted by Crippen LogP contribution is -2.36. The van der Waals surface area contributed by atoms with E-state index in [4.69, 9.17) is 9.47 Å². The van der Waals surface area contributed by atoms with Crippen LogP contribution in [0.5, 0.6) is 5.75 Å². The second-order valence-corrected chi connectivity index (χ2v) is 8.03. The summed E-state index contributed by atoms with van der Waals surface area (Å²) in [5.74, 6) is 1.43. The second-order valence-electron chi connectivity index (χ2n) is 8.03. The van der Waals surface area contributed by atoms with Gasteiger partial charge in [-0.15, -0.1) is 0 Å². The van der Waals surface area contributed by atoms with E-state index in [0.29, 0.717) is 19.8 Å². The standard InChI is InChI=1S/C27H26FN3O2/c28-24-9-6-22(7-10-24)23-8-11-26(25(18-23)30-14-16-32-17-15-30)33-20-27-29-12-13-31(27)19-21-4-2-1-3-5-21/h1-13,18H,14-17,19-20H2. The fourth-order valence-electron chi connectivity index (χ4n) is 4.06. The van der Waals surface area contributed by atoms with E-state index >= 15 is 0 Å². The van der Waals surface area contributed by atoms with Crippen LogP contribution >= 0.6 is 0 Å². The highest BCUT2D eigenvalue weighted by molar-refractivity contribution is 5.72. The molecule has 0 atom stereocenters. The van der Waals surface area contributed by atoms with Gasteiger partial charge in [-0.05, 0) is 41.0 Å². The molecule has 0 aliphatic carbocycles. The van der Waals surface area contributed by atoms with Gasteiger partial charge in [0.2, 0.25) is 0 Å². The number of halogens is 1. The first-order chi connectivity index (χ1) is 16.3. The Morgan fingerprint density at radius 1 is 0.909 bits per heavy atom. The predicted octanol–water partition coefficient (Wildman–Crippen LogP) is 5.15. The lowest BCUT2D eigenvalue weighted by molar-refractivity contribution is 0.122. The number of anilines is 1. The zero-order valence-corrected chi connectivity index (χ0v) is 18.4. The lowest BCUT2D eigenvalue weighted by Gasteiger charge is -2.30. The lowest BCUT2D eigenvalue weighted by atomic mass is 10.0. The Morgan fingerprint density at radius 3 is 2.45 bits per heavy atom. The highest BCUT2D eigenvalue weighted by atomic mass is 19.1. The maximum atomic E-state index is 13.4. The van der Waals surface area contributed by atoms with Gasteiger partial charge in [0.15, 0.2) is 0 Å². The molecule has 0 N–H and O–H groups in total. The summed E-state index contributed by atoms with van der Waals surface area (Å²) in [6.45, 7) is 4.08. The minimum Gasteiger partial charge on any atom is -0.484 e. The van der Waals surface area contributed by atoms with Gasteiger partial charge in [0, 0.05) is 32.0 Å². The van der Waals surface area contributed by atoms with Gasteiger partial charge in [0.05, 0.1) is 18.9 Å². The van der Waals surface area contributed by atoms with Gasteiger partial charge in [-0.2, -0.15) is 0 Å². The van der Waals surface area contributed by atoms with E-state index in [1.54, 1.807) is 12.1 Å². The molecule has 0 radical (unpaired) electrons. The van der Waals surface area contributed by atoms with Crippen molar-refractivity contribution in [1.29, 1.82) is 0 Å². The van der Waals surface area contributed by atoms with Crippen LogP contribution < -0.4 is 9.64 Å². The predicted molar refractivity (Wildman–Crippen MR) is 127 cm³/mol. The van der Waals surface area contributed by atoms with Gasteiger partial charge in [-0.1, -0.05) is 48.5 Å². The highest BCUT2D eigenvalue weighted by Gasteiger charge is 2.18. The quantitative estimate of drug-likeness (QED) is 0.396. The molecule has 0 saturated carbocycles. The van der Waals surface area contributed by atoms with Crippen molar-refractivity contribution in [3.63, 3.8) is 0 Å². The van der Waals surface area contributed by atoms with Gasteiger partial charge in [0.1, 0.15) is 24.0 Å². The molecule has 0 amide bonds. The molecule has 1 aliphatic heterocycles. The number of morpholine rings is 1. The second kappa shape index (κ2) is 9.88. The third-order valence-electron chi connectivity index (χ3n) is 5.84. The summed E-state index contributed by atoms with van der Waals surface area (Å²) >= 11 is 0.